The standard InChI is InChI=1S/C28H40N4O2.2ClH.Zr/c1-9-31-23(27(3,4)5)17-33-25(31)21-15-11-13-19(29-21)20-14-12-16-22(30-20)26-32(10-2)24(18-34-26)28(6,7)8;;;/h11-16,23-26H,1-2,9-10,17-18H2,3-8H3;2*1H;/q-2;;;+4/p-2. The molecule has 2 aliphatic heterocycles. The monoisotopic (exact) mass is 624 g/mol. The molecule has 2 aromatic heterocycles. The number of nitrogens with zero attached hydrogens (tertiary/aromatic N) is 4. The third kappa shape index (κ3) is 7.42. The number of halogens is 2. The molecule has 0 saturated carbocycles. The molecular weight excluding hydrogens is 586 g/mol. The predicted molar refractivity (Wildman–Crippen MR) is 147 cm³/mol. The molecule has 202 valence electrons. The van der Waals surface area contributed by atoms with E-state index >= 15 is 0 Å². The van der Waals surface area contributed by atoms with Crippen molar-refractivity contribution in [1.82, 2.24) is 19.8 Å². The summed E-state index contributed by atoms with van der Waals surface area (Å²) in [5.74, 6) is 0. The first kappa shape index (κ1) is 31.1. The number of hydrogen-bond acceptors (Lipinski definition) is 6. The quantitative estimate of drug-likeness (QED) is 0.346. The van der Waals surface area contributed by atoms with Crippen molar-refractivity contribution in [2.24, 2.45) is 10.8 Å². The van der Waals surface area contributed by atoms with Crippen LogP contribution in [0.5, 0.6) is 0 Å². The molecule has 2 aromatic rings. The normalized spacial score (nSPS) is 25.0. The predicted octanol–water partition coefficient (Wildman–Crippen LogP) is 6.68. The van der Waals surface area contributed by atoms with E-state index in [4.69, 9.17) is 36.5 Å². The van der Waals surface area contributed by atoms with Crippen LogP contribution in [0.4, 0.5) is 0 Å². The minimum absolute atomic E-state index is 0.103. The minimum atomic E-state index is -0.826. The first-order valence-corrected chi connectivity index (χ1v) is 19.0. The van der Waals surface area contributed by atoms with Crippen LogP contribution in [0, 0.1) is 24.7 Å². The van der Waals surface area contributed by atoms with Crippen molar-refractivity contribution >= 4 is 17.0 Å². The van der Waals surface area contributed by atoms with Crippen LogP contribution in [0.1, 0.15) is 65.4 Å². The van der Waals surface area contributed by atoms with Gasteiger partial charge in [0.25, 0.3) is 0 Å². The molecule has 4 heterocycles. The average Bonchev–Trinajstić information content (AvgIpc) is 3.49. The Hall–Kier alpha value is -0.397. The first-order valence-electron chi connectivity index (χ1n) is 12.7. The van der Waals surface area contributed by atoms with E-state index in [-0.39, 0.29) is 23.3 Å². The second kappa shape index (κ2) is 13.3. The molecule has 0 spiro atoms. The van der Waals surface area contributed by atoms with Crippen LogP contribution in [0.3, 0.4) is 0 Å². The van der Waals surface area contributed by atoms with Crippen LogP contribution >= 0.6 is 17.0 Å². The van der Waals surface area contributed by atoms with Gasteiger partial charge in [-0.2, -0.15) is 0 Å². The molecule has 0 aliphatic carbocycles. The van der Waals surface area contributed by atoms with Crippen LogP contribution in [0.2, 0.25) is 0 Å². The van der Waals surface area contributed by atoms with Crippen molar-refractivity contribution in [1.29, 1.82) is 0 Å². The Morgan fingerprint density at radius 3 is 1.43 bits per heavy atom. The number of pyridine rings is 2. The molecule has 2 fully saturated rings. The summed E-state index contributed by atoms with van der Waals surface area (Å²) in [7, 11) is 9.87. The number of hydrogen-bond donors (Lipinski definition) is 0. The van der Waals surface area contributed by atoms with Crippen molar-refractivity contribution in [2.45, 2.75) is 66.1 Å². The molecule has 4 rings (SSSR count). The van der Waals surface area contributed by atoms with E-state index in [0.717, 1.165) is 22.8 Å². The van der Waals surface area contributed by atoms with Gasteiger partial charge in [0.2, 0.25) is 0 Å². The zero-order valence-corrected chi connectivity index (χ0v) is 26.8. The maximum atomic E-state index is 6.22. The van der Waals surface area contributed by atoms with E-state index in [1.165, 1.54) is 0 Å². The summed E-state index contributed by atoms with van der Waals surface area (Å²) in [6, 6.07) is 12.7. The third-order valence-electron chi connectivity index (χ3n) is 7.05. The topological polar surface area (TPSA) is 50.7 Å². The van der Waals surface area contributed by atoms with E-state index < -0.39 is 20.8 Å². The van der Waals surface area contributed by atoms with E-state index in [1.807, 2.05) is 36.4 Å². The van der Waals surface area contributed by atoms with Crippen molar-refractivity contribution in [3.63, 3.8) is 0 Å². The van der Waals surface area contributed by atoms with E-state index in [1.54, 1.807) is 0 Å². The van der Waals surface area contributed by atoms with Crippen molar-refractivity contribution < 1.29 is 30.3 Å². The van der Waals surface area contributed by atoms with Gasteiger partial charge >= 0.3 is 37.9 Å². The van der Waals surface area contributed by atoms with Gasteiger partial charge in [-0.05, 0) is 35.1 Å². The Bertz CT molecular complexity index is 935. The Labute approximate surface area is 242 Å². The molecule has 2 aliphatic rings. The summed E-state index contributed by atoms with van der Waals surface area (Å²) in [6.45, 7) is 24.5. The Kier molecular flexibility index (Phi) is 11.2. The van der Waals surface area contributed by atoms with Gasteiger partial charge in [0.15, 0.2) is 12.5 Å². The second-order valence-corrected chi connectivity index (χ2v) is 15.3. The second-order valence-electron chi connectivity index (χ2n) is 11.6. The van der Waals surface area contributed by atoms with Gasteiger partial charge in [-0.1, -0.05) is 53.7 Å². The SMILES string of the molecule is [CH2-]CN1C(c2cccc(-c3cccc(C4OCC(C(C)(C)C)N4C[CH2-])n3)n2)OCC1C(C)(C)C.[Cl][Zr+2][Cl]. The van der Waals surface area contributed by atoms with Crippen LogP contribution in [-0.4, -0.2) is 58.2 Å². The fourth-order valence-electron chi connectivity index (χ4n) is 5.09. The van der Waals surface area contributed by atoms with Gasteiger partial charge < -0.3 is 23.3 Å². The summed E-state index contributed by atoms with van der Waals surface area (Å²) in [5.41, 5.74) is 3.65. The Morgan fingerprint density at radius 2 is 1.14 bits per heavy atom. The molecule has 4 unspecified atom stereocenters. The fourth-order valence-corrected chi connectivity index (χ4v) is 5.09. The zero-order valence-electron chi connectivity index (χ0n) is 22.9. The number of rotatable bonds is 5. The van der Waals surface area contributed by atoms with Crippen LogP contribution in [0.15, 0.2) is 36.4 Å². The summed E-state index contributed by atoms with van der Waals surface area (Å²) < 4.78 is 12.4. The molecule has 0 N–H and O–H groups in total. The van der Waals surface area contributed by atoms with Crippen molar-refractivity contribution in [3.05, 3.63) is 61.6 Å². The summed E-state index contributed by atoms with van der Waals surface area (Å²) in [4.78, 5) is 14.6. The average molecular weight is 627 g/mol. The maximum absolute atomic E-state index is 6.22. The van der Waals surface area contributed by atoms with E-state index in [2.05, 4.69) is 65.2 Å². The van der Waals surface area contributed by atoms with Crippen molar-refractivity contribution in [3.8, 4) is 11.4 Å². The molecule has 4 atom stereocenters. The molecule has 0 radical (unpaired) electrons. The zero-order chi connectivity index (χ0) is 27.4. The third-order valence-corrected chi connectivity index (χ3v) is 7.05. The Balaban J connectivity index is 0.00000121. The van der Waals surface area contributed by atoms with Gasteiger partial charge in [0.05, 0.1) is 36.0 Å². The number of ether oxygens (including phenoxy) is 2. The van der Waals surface area contributed by atoms with Crippen LogP contribution < -0.4 is 0 Å². The Morgan fingerprint density at radius 1 is 0.784 bits per heavy atom. The van der Waals surface area contributed by atoms with Crippen molar-refractivity contribution in [2.75, 3.05) is 26.3 Å². The summed E-state index contributed by atoms with van der Waals surface area (Å²) in [5, 5.41) is 0. The fraction of sp³-hybridized carbons (Fsp3) is 0.571. The van der Waals surface area contributed by atoms with Gasteiger partial charge in [-0.3, -0.25) is 9.80 Å². The first-order chi connectivity index (χ1) is 17.5. The molecule has 0 bridgehead atoms. The van der Waals surface area contributed by atoms with Crippen LogP contribution in [-0.2, 0) is 30.3 Å². The summed E-state index contributed by atoms with van der Waals surface area (Å²) >= 11 is -0.826. The number of aromatic nitrogens is 2. The molecule has 9 heteroatoms. The molecule has 2 saturated heterocycles. The van der Waals surface area contributed by atoms with Gasteiger partial charge in [-0.15, -0.1) is 13.1 Å². The molecule has 0 aromatic carbocycles. The molecular formula is C28H40Cl2N4O2Zr. The van der Waals surface area contributed by atoms with Gasteiger partial charge in [-0.25, -0.2) is 9.97 Å². The van der Waals surface area contributed by atoms with Gasteiger partial charge in [0, 0.05) is 12.1 Å². The molecule has 0 amide bonds. The molecule has 37 heavy (non-hydrogen) atoms. The van der Waals surface area contributed by atoms with E-state index in [9.17, 15) is 0 Å². The van der Waals surface area contributed by atoms with Gasteiger partial charge in [0.1, 0.15) is 0 Å². The molecule has 6 nitrogen and oxygen atoms in total. The van der Waals surface area contributed by atoms with Crippen LogP contribution in [0.25, 0.3) is 11.4 Å². The summed E-state index contributed by atoms with van der Waals surface area (Å²) in [6.07, 6.45) is -0.394. The van der Waals surface area contributed by atoms with E-state index in [0.29, 0.717) is 38.4 Å².